The van der Waals surface area contributed by atoms with Gasteiger partial charge in [-0.3, -0.25) is 4.79 Å². The second-order valence-electron chi connectivity index (χ2n) is 9.87. The van der Waals surface area contributed by atoms with E-state index in [0.717, 1.165) is 16.8 Å². The van der Waals surface area contributed by atoms with Crippen LogP contribution < -0.4 is 5.32 Å². The predicted octanol–water partition coefficient (Wildman–Crippen LogP) is 8.06. The van der Waals surface area contributed by atoms with Crippen LogP contribution in [0.1, 0.15) is 68.1 Å². The fourth-order valence-electron chi connectivity index (χ4n) is 5.09. The summed E-state index contributed by atoms with van der Waals surface area (Å²) in [7, 11) is 0. The molecule has 4 aromatic carbocycles. The number of fused-ring (bicyclic) bond motifs is 1. The minimum atomic E-state index is -0.00198. The minimum Gasteiger partial charge on any atom is -0.378 e. The van der Waals surface area contributed by atoms with Gasteiger partial charge in [-0.1, -0.05) is 85.8 Å². The number of carbonyl (C=O) groups excluding carboxylic acids is 1. The molecule has 1 N–H and O–H groups in total. The van der Waals surface area contributed by atoms with Crippen molar-refractivity contribution in [2.75, 3.05) is 5.32 Å². The predicted molar refractivity (Wildman–Crippen MR) is 148 cm³/mol. The van der Waals surface area contributed by atoms with E-state index < -0.39 is 0 Å². The standard InChI is InChI=1S/C32H36N2O/c1-22(2)34(23(3)4)32(35)30-18-12-11-17-29(30)24(5)31(26-14-7-6-8-15-26)33-28-20-19-25-13-9-10-16-27(25)21-28/h6-24,31,33H,1-5H3/t24-,31+/m0/s1. The molecule has 1 amide bonds. The van der Waals surface area contributed by atoms with Gasteiger partial charge in [0.2, 0.25) is 0 Å². The minimum absolute atomic E-state index is 0.00198. The topological polar surface area (TPSA) is 32.3 Å². The van der Waals surface area contributed by atoms with E-state index in [1.54, 1.807) is 0 Å². The number of amides is 1. The highest BCUT2D eigenvalue weighted by Gasteiger charge is 2.28. The molecule has 180 valence electrons. The molecule has 0 radical (unpaired) electrons. The fourth-order valence-corrected chi connectivity index (χ4v) is 5.09. The number of benzene rings is 4. The van der Waals surface area contributed by atoms with E-state index in [-0.39, 0.29) is 30.0 Å². The highest BCUT2D eigenvalue weighted by Crippen LogP contribution is 2.36. The lowest BCUT2D eigenvalue weighted by atomic mass is 9.85. The van der Waals surface area contributed by atoms with Gasteiger partial charge in [-0.25, -0.2) is 0 Å². The molecule has 0 spiro atoms. The summed E-state index contributed by atoms with van der Waals surface area (Å²) in [6.07, 6.45) is 0. The number of carbonyl (C=O) groups is 1. The van der Waals surface area contributed by atoms with Gasteiger partial charge in [0.05, 0.1) is 6.04 Å². The first kappa shape index (κ1) is 24.5. The first-order valence-electron chi connectivity index (χ1n) is 12.6. The number of hydrogen-bond donors (Lipinski definition) is 1. The molecule has 0 fully saturated rings. The second-order valence-corrected chi connectivity index (χ2v) is 9.87. The van der Waals surface area contributed by atoms with Gasteiger partial charge in [-0.15, -0.1) is 0 Å². The number of rotatable bonds is 8. The molecule has 0 bridgehead atoms. The molecule has 3 heteroatoms. The van der Waals surface area contributed by atoms with Gasteiger partial charge >= 0.3 is 0 Å². The van der Waals surface area contributed by atoms with E-state index in [2.05, 4.69) is 113 Å². The zero-order valence-electron chi connectivity index (χ0n) is 21.4. The molecule has 4 aromatic rings. The summed E-state index contributed by atoms with van der Waals surface area (Å²) in [5.41, 5.74) is 4.11. The lowest BCUT2D eigenvalue weighted by molar-refractivity contribution is 0.0642. The normalized spacial score (nSPS) is 13.1. The Balaban J connectivity index is 1.74. The first-order valence-corrected chi connectivity index (χ1v) is 12.6. The van der Waals surface area contributed by atoms with E-state index in [1.807, 2.05) is 29.2 Å². The Hall–Kier alpha value is -3.59. The number of anilines is 1. The van der Waals surface area contributed by atoms with E-state index >= 15 is 0 Å². The van der Waals surface area contributed by atoms with Gasteiger partial charge in [-0.2, -0.15) is 0 Å². The third-order valence-corrected chi connectivity index (χ3v) is 6.76. The Labute approximate surface area is 209 Å². The zero-order chi connectivity index (χ0) is 24.9. The molecule has 0 aliphatic carbocycles. The second kappa shape index (κ2) is 10.8. The van der Waals surface area contributed by atoms with E-state index in [9.17, 15) is 4.79 Å². The lowest BCUT2D eigenvalue weighted by Crippen LogP contribution is -2.42. The third kappa shape index (κ3) is 5.40. The van der Waals surface area contributed by atoms with E-state index in [0.29, 0.717) is 0 Å². The Morgan fingerprint density at radius 3 is 1.97 bits per heavy atom. The SMILES string of the molecule is CC(C)N(C(=O)c1ccccc1[C@H](C)[C@@H](Nc1ccc2ccccc2c1)c1ccccc1)C(C)C. The number of nitrogens with zero attached hydrogens (tertiary/aromatic N) is 1. The van der Waals surface area contributed by atoms with Gasteiger partial charge in [-0.05, 0) is 67.8 Å². The van der Waals surface area contributed by atoms with Crippen LogP contribution in [0.15, 0.2) is 97.1 Å². The van der Waals surface area contributed by atoms with Crippen molar-refractivity contribution in [3.63, 3.8) is 0 Å². The van der Waals surface area contributed by atoms with Crippen LogP contribution in [0.25, 0.3) is 10.8 Å². The summed E-state index contributed by atoms with van der Waals surface area (Å²) in [5.74, 6) is 0.153. The van der Waals surface area contributed by atoms with Gasteiger partial charge < -0.3 is 10.2 Å². The van der Waals surface area contributed by atoms with Crippen LogP contribution in [0, 0.1) is 0 Å². The van der Waals surface area contributed by atoms with E-state index in [1.165, 1.54) is 16.3 Å². The lowest BCUT2D eigenvalue weighted by Gasteiger charge is -2.33. The highest BCUT2D eigenvalue weighted by atomic mass is 16.2. The number of hydrogen-bond acceptors (Lipinski definition) is 2. The van der Waals surface area contributed by atoms with Gasteiger partial charge in [0.1, 0.15) is 0 Å². The highest BCUT2D eigenvalue weighted by molar-refractivity contribution is 5.96. The van der Waals surface area contributed by atoms with Crippen LogP contribution >= 0.6 is 0 Å². The average molecular weight is 465 g/mol. The van der Waals surface area contributed by atoms with Crippen molar-refractivity contribution in [1.82, 2.24) is 4.90 Å². The molecule has 35 heavy (non-hydrogen) atoms. The summed E-state index contributed by atoms with van der Waals surface area (Å²) >= 11 is 0. The van der Waals surface area contributed by atoms with Gasteiger partial charge in [0, 0.05) is 29.3 Å². The first-order chi connectivity index (χ1) is 16.9. The molecule has 4 rings (SSSR count). The summed E-state index contributed by atoms with van der Waals surface area (Å²) in [5, 5.41) is 6.23. The summed E-state index contributed by atoms with van der Waals surface area (Å²) in [4.78, 5) is 15.7. The Morgan fingerprint density at radius 2 is 1.29 bits per heavy atom. The van der Waals surface area contributed by atoms with Crippen molar-refractivity contribution in [2.24, 2.45) is 0 Å². The Morgan fingerprint density at radius 1 is 0.686 bits per heavy atom. The van der Waals surface area contributed by atoms with Crippen molar-refractivity contribution in [1.29, 1.82) is 0 Å². The van der Waals surface area contributed by atoms with Crippen LogP contribution in [0.5, 0.6) is 0 Å². The van der Waals surface area contributed by atoms with Crippen molar-refractivity contribution in [3.05, 3.63) is 114 Å². The van der Waals surface area contributed by atoms with Crippen molar-refractivity contribution < 1.29 is 4.79 Å². The van der Waals surface area contributed by atoms with Gasteiger partial charge in [0.15, 0.2) is 0 Å². The molecular weight excluding hydrogens is 428 g/mol. The Kier molecular flexibility index (Phi) is 7.55. The van der Waals surface area contributed by atoms with Crippen LogP contribution in [0.2, 0.25) is 0 Å². The van der Waals surface area contributed by atoms with Crippen LogP contribution in [0.3, 0.4) is 0 Å². The molecular formula is C32H36N2O. The monoisotopic (exact) mass is 464 g/mol. The molecule has 0 aliphatic rings. The molecule has 3 nitrogen and oxygen atoms in total. The quantitative estimate of drug-likeness (QED) is 0.286. The molecule has 0 unspecified atom stereocenters. The van der Waals surface area contributed by atoms with Crippen LogP contribution in [-0.2, 0) is 0 Å². The summed E-state index contributed by atoms with van der Waals surface area (Å²) in [6.45, 7) is 10.5. The maximum Gasteiger partial charge on any atom is 0.254 e. The van der Waals surface area contributed by atoms with Crippen molar-refractivity contribution in [3.8, 4) is 0 Å². The molecule has 2 atom stereocenters. The molecule has 0 heterocycles. The zero-order valence-corrected chi connectivity index (χ0v) is 21.4. The third-order valence-electron chi connectivity index (χ3n) is 6.76. The molecule has 0 saturated carbocycles. The Bertz CT molecular complexity index is 1270. The van der Waals surface area contributed by atoms with Crippen LogP contribution in [0.4, 0.5) is 5.69 Å². The maximum atomic E-state index is 13.7. The van der Waals surface area contributed by atoms with Gasteiger partial charge in [0.25, 0.3) is 5.91 Å². The summed E-state index contributed by atoms with van der Waals surface area (Å²) in [6, 6.07) is 33.8. The maximum absolute atomic E-state index is 13.7. The van der Waals surface area contributed by atoms with E-state index in [4.69, 9.17) is 0 Å². The largest absolute Gasteiger partial charge is 0.378 e. The molecule has 0 aromatic heterocycles. The average Bonchev–Trinajstić information content (AvgIpc) is 2.87. The molecule has 0 aliphatic heterocycles. The number of nitrogens with one attached hydrogen (secondary N) is 1. The fraction of sp³-hybridized carbons (Fsp3) is 0.281. The summed E-state index contributed by atoms with van der Waals surface area (Å²) < 4.78 is 0. The van der Waals surface area contributed by atoms with Crippen molar-refractivity contribution in [2.45, 2.75) is 58.7 Å². The molecule has 0 saturated heterocycles. The smallest absolute Gasteiger partial charge is 0.254 e. The van der Waals surface area contributed by atoms with Crippen molar-refractivity contribution >= 4 is 22.4 Å². The van der Waals surface area contributed by atoms with Crippen LogP contribution in [-0.4, -0.2) is 22.9 Å².